The van der Waals surface area contributed by atoms with Gasteiger partial charge in [-0.1, -0.05) is 23.4 Å². The summed E-state index contributed by atoms with van der Waals surface area (Å²) in [6.07, 6.45) is 0.992. The Morgan fingerprint density at radius 2 is 1.96 bits per heavy atom. The average Bonchev–Trinajstić information content (AvgIpc) is 2.95. The quantitative estimate of drug-likeness (QED) is 0.717. The van der Waals surface area contributed by atoms with Crippen molar-refractivity contribution < 1.29 is 27.3 Å². The number of sulfonamides is 1. The van der Waals surface area contributed by atoms with E-state index in [9.17, 15) is 18.0 Å². The van der Waals surface area contributed by atoms with Gasteiger partial charge in [0.25, 0.3) is 5.91 Å². The van der Waals surface area contributed by atoms with Crippen LogP contribution in [-0.2, 0) is 24.3 Å². The maximum absolute atomic E-state index is 12.0. The highest BCUT2D eigenvalue weighted by Crippen LogP contribution is 2.21. The van der Waals surface area contributed by atoms with E-state index in [-0.39, 0.29) is 5.82 Å². The summed E-state index contributed by atoms with van der Waals surface area (Å²) in [6.45, 7) is 2.27. The molecule has 9 nitrogen and oxygen atoms in total. The minimum atomic E-state index is -3.71. The van der Waals surface area contributed by atoms with Gasteiger partial charge in [-0.05, 0) is 25.5 Å². The molecule has 0 atom stereocenters. The number of carbonyl (C=O) groups excluding carboxylic acids is 2. The van der Waals surface area contributed by atoms with E-state index in [0.717, 1.165) is 10.6 Å². The number of carbonyl (C=O) groups is 2. The topological polar surface area (TPSA) is 119 Å². The Kier molecular flexibility index (Phi) is 5.98. The lowest BCUT2D eigenvalue weighted by atomic mass is 10.2. The molecule has 0 unspecified atom stereocenters. The first kappa shape index (κ1) is 19.4. The number of aryl methyl sites for hydroxylation is 2. The number of benzene rings is 1. The number of amides is 1. The number of aromatic nitrogens is 1. The Morgan fingerprint density at radius 1 is 1.27 bits per heavy atom. The van der Waals surface area contributed by atoms with Crippen LogP contribution in [0.25, 0.3) is 0 Å². The molecule has 0 aliphatic carbocycles. The predicted molar refractivity (Wildman–Crippen MR) is 94.2 cm³/mol. The van der Waals surface area contributed by atoms with Gasteiger partial charge in [-0.3, -0.25) is 13.9 Å². The molecule has 2 aromatic rings. The Morgan fingerprint density at radius 3 is 2.54 bits per heavy atom. The summed E-state index contributed by atoms with van der Waals surface area (Å²) in [5.74, 6) is -0.765. The van der Waals surface area contributed by atoms with Crippen molar-refractivity contribution in [3.63, 3.8) is 0 Å². The highest BCUT2D eigenvalue weighted by atomic mass is 32.2. The molecule has 1 heterocycles. The molecule has 1 aromatic heterocycles. The molecule has 26 heavy (non-hydrogen) atoms. The number of nitrogens with one attached hydrogen (secondary N) is 1. The molecule has 0 radical (unpaired) electrons. The monoisotopic (exact) mass is 381 g/mol. The number of hydrogen-bond acceptors (Lipinski definition) is 7. The number of ether oxygens (including phenoxy) is 1. The lowest BCUT2D eigenvalue weighted by Crippen LogP contribution is -2.37. The molecule has 0 aliphatic heterocycles. The van der Waals surface area contributed by atoms with Crippen LogP contribution in [0, 0.1) is 13.8 Å². The zero-order chi connectivity index (χ0) is 19.3. The van der Waals surface area contributed by atoms with Crippen molar-refractivity contribution >= 4 is 33.4 Å². The minimum absolute atomic E-state index is 0.196. The normalized spacial score (nSPS) is 11.0. The maximum atomic E-state index is 12.0. The van der Waals surface area contributed by atoms with E-state index in [0.29, 0.717) is 17.0 Å². The Labute approximate surface area is 151 Å². The molecular weight excluding hydrogens is 362 g/mol. The van der Waals surface area contributed by atoms with E-state index >= 15 is 0 Å². The second-order valence-electron chi connectivity index (χ2n) is 5.59. The summed E-state index contributed by atoms with van der Waals surface area (Å²) >= 11 is 0. The van der Waals surface area contributed by atoms with Crippen LogP contribution in [0.3, 0.4) is 0 Å². The fraction of sp³-hybridized carbons (Fsp3) is 0.312. The first-order valence-electron chi connectivity index (χ1n) is 7.59. The number of esters is 1. The second-order valence-corrected chi connectivity index (χ2v) is 7.49. The van der Waals surface area contributed by atoms with Crippen molar-refractivity contribution in [2.75, 3.05) is 29.0 Å². The molecule has 1 amide bonds. The smallest absolute Gasteiger partial charge is 0.327 e. The molecule has 0 bridgehead atoms. The summed E-state index contributed by atoms with van der Waals surface area (Å²) in [7, 11) is -3.71. The molecular formula is C16H19N3O6S. The highest BCUT2D eigenvalue weighted by Gasteiger charge is 2.23. The zero-order valence-corrected chi connectivity index (χ0v) is 15.4. The summed E-state index contributed by atoms with van der Waals surface area (Å²) in [5.41, 5.74) is 1.05. The van der Waals surface area contributed by atoms with E-state index in [2.05, 4.69) is 10.5 Å². The number of anilines is 2. The van der Waals surface area contributed by atoms with Crippen molar-refractivity contribution in [2.24, 2.45) is 0 Å². The maximum Gasteiger partial charge on any atom is 0.327 e. The molecule has 2 rings (SSSR count). The van der Waals surface area contributed by atoms with Gasteiger partial charge in [0.1, 0.15) is 12.3 Å². The van der Waals surface area contributed by atoms with Gasteiger partial charge in [0, 0.05) is 6.07 Å². The highest BCUT2D eigenvalue weighted by molar-refractivity contribution is 7.92. The summed E-state index contributed by atoms with van der Waals surface area (Å²) in [4.78, 5) is 23.7. The van der Waals surface area contributed by atoms with E-state index in [1.165, 1.54) is 6.07 Å². The van der Waals surface area contributed by atoms with Crippen molar-refractivity contribution in [3.05, 3.63) is 41.7 Å². The van der Waals surface area contributed by atoms with Gasteiger partial charge < -0.3 is 14.6 Å². The fourth-order valence-electron chi connectivity index (χ4n) is 2.14. The summed E-state index contributed by atoms with van der Waals surface area (Å²) < 4.78 is 34.6. The van der Waals surface area contributed by atoms with E-state index < -0.39 is 35.1 Å². The van der Waals surface area contributed by atoms with Crippen LogP contribution in [0.15, 0.2) is 34.9 Å². The lowest BCUT2D eigenvalue weighted by molar-refractivity contribution is -0.145. The van der Waals surface area contributed by atoms with Crippen LogP contribution in [-0.4, -0.2) is 44.9 Å². The first-order valence-corrected chi connectivity index (χ1v) is 9.44. The Bertz CT molecular complexity index is 906. The third kappa shape index (κ3) is 5.31. The molecule has 0 saturated heterocycles. The standard InChI is InChI=1S/C16H19N3O6S/c1-11-6-4-5-7-13(11)19(26(3,22)23)9-16(21)24-10-15(20)17-14-8-12(2)25-18-14/h4-8H,9-10H2,1-3H3,(H,17,18,20). The van der Waals surface area contributed by atoms with Crippen molar-refractivity contribution in [3.8, 4) is 0 Å². The minimum Gasteiger partial charge on any atom is -0.454 e. The van der Waals surface area contributed by atoms with Crippen molar-refractivity contribution in [2.45, 2.75) is 13.8 Å². The first-order chi connectivity index (χ1) is 12.2. The molecule has 1 N–H and O–H groups in total. The van der Waals surface area contributed by atoms with Gasteiger partial charge in [0.15, 0.2) is 12.4 Å². The molecule has 0 fully saturated rings. The third-order valence-corrected chi connectivity index (χ3v) is 4.44. The Balaban J connectivity index is 1.97. The van der Waals surface area contributed by atoms with Crippen LogP contribution in [0.2, 0.25) is 0 Å². The van der Waals surface area contributed by atoms with Gasteiger partial charge in [-0.25, -0.2) is 8.42 Å². The van der Waals surface area contributed by atoms with Crippen LogP contribution < -0.4 is 9.62 Å². The number of nitrogens with zero attached hydrogens (tertiary/aromatic N) is 2. The molecule has 0 saturated carbocycles. The molecule has 140 valence electrons. The number of hydrogen-bond donors (Lipinski definition) is 1. The summed E-state index contributed by atoms with van der Waals surface area (Å²) in [6, 6.07) is 8.24. The zero-order valence-electron chi connectivity index (χ0n) is 14.6. The Hall–Kier alpha value is -2.88. The lowest BCUT2D eigenvalue weighted by Gasteiger charge is -2.23. The van der Waals surface area contributed by atoms with Crippen molar-refractivity contribution in [1.82, 2.24) is 5.16 Å². The average molecular weight is 381 g/mol. The van der Waals surface area contributed by atoms with Gasteiger partial charge in [0.05, 0.1) is 11.9 Å². The van der Waals surface area contributed by atoms with Gasteiger partial charge in [-0.15, -0.1) is 0 Å². The number of para-hydroxylation sites is 1. The third-order valence-electron chi connectivity index (χ3n) is 3.32. The van der Waals surface area contributed by atoms with E-state index in [1.807, 2.05) is 0 Å². The van der Waals surface area contributed by atoms with Crippen LogP contribution in [0.4, 0.5) is 11.5 Å². The predicted octanol–water partition coefficient (Wildman–Crippen LogP) is 1.24. The van der Waals surface area contributed by atoms with Gasteiger partial charge in [-0.2, -0.15) is 0 Å². The second kappa shape index (κ2) is 8.00. The van der Waals surface area contributed by atoms with Crippen LogP contribution >= 0.6 is 0 Å². The molecule has 0 aliphatic rings. The SMILES string of the molecule is Cc1cc(NC(=O)COC(=O)CN(c2ccccc2C)S(C)(=O)=O)no1. The van der Waals surface area contributed by atoms with E-state index in [1.54, 1.807) is 38.1 Å². The van der Waals surface area contributed by atoms with Crippen molar-refractivity contribution in [1.29, 1.82) is 0 Å². The largest absolute Gasteiger partial charge is 0.454 e. The molecule has 10 heteroatoms. The molecule has 0 spiro atoms. The van der Waals surface area contributed by atoms with Gasteiger partial charge >= 0.3 is 5.97 Å². The number of rotatable bonds is 7. The van der Waals surface area contributed by atoms with Crippen LogP contribution in [0.5, 0.6) is 0 Å². The fourth-order valence-corrected chi connectivity index (χ4v) is 3.04. The molecule has 1 aromatic carbocycles. The van der Waals surface area contributed by atoms with Crippen LogP contribution in [0.1, 0.15) is 11.3 Å². The summed E-state index contributed by atoms with van der Waals surface area (Å²) in [5, 5.41) is 5.97. The van der Waals surface area contributed by atoms with Gasteiger partial charge in [0.2, 0.25) is 10.0 Å². The van der Waals surface area contributed by atoms with E-state index in [4.69, 9.17) is 9.26 Å².